The molecule has 2 rings (SSSR count). The van der Waals surface area contributed by atoms with Crippen LogP contribution in [0.15, 0.2) is 6.20 Å². The predicted molar refractivity (Wildman–Crippen MR) is 71.0 cm³/mol. The quantitative estimate of drug-likeness (QED) is 0.850. The lowest BCUT2D eigenvalue weighted by atomic mass is 10.2. The molecule has 0 aliphatic heterocycles. The SMILES string of the molecule is Cc1nn(C2CCCC2)cc1CNCC(C)C. The van der Waals surface area contributed by atoms with Crippen LogP contribution in [0.5, 0.6) is 0 Å². The van der Waals surface area contributed by atoms with E-state index in [1.165, 1.54) is 36.9 Å². The zero-order valence-electron chi connectivity index (χ0n) is 11.4. The van der Waals surface area contributed by atoms with Gasteiger partial charge in [-0.25, -0.2) is 0 Å². The molecule has 17 heavy (non-hydrogen) atoms. The zero-order valence-corrected chi connectivity index (χ0v) is 11.4. The second-order valence-corrected chi connectivity index (χ2v) is 5.68. The van der Waals surface area contributed by atoms with Crippen LogP contribution in [0.1, 0.15) is 56.8 Å². The second-order valence-electron chi connectivity index (χ2n) is 5.68. The molecule has 1 saturated carbocycles. The predicted octanol–water partition coefficient (Wildman–Crippen LogP) is 3.05. The van der Waals surface area contributed by atoms with Gasteiger partial charge in [-0.2, -0.15) is 5.10 Å². The van der Waals surface area contributed by atoms with Crippen molar-refractivity contribution in [2.24, 2.45) is 5.92 Å². The van der Waals surface area contributed by atoms with Gasteiger partial charge in [0.1, 0.15) is 0 Å². The summed E-state index contributed by atoms with van der Waals surface area (Å²) < 4.78 is 2.20. The molecular weight excluding hydrogens is 210 g/mol. The number of aryl methyl sites for hydroxylation is 1. The first-order valence-corrected chi connectivity index (χ1v) is 6.92. The van der Waals surface area contributed by atoms with Crippen LogP contribution in [-0.2, 0) is 6.54 Å². The van der Waals surface area contributed by atoms with Crippen molar-refractivity contribution in [3.63, 3.8) is 0 Å². The highest BCUT2D eigenvalue weighted by Crippen LogP contribution is 2.29. The summed E-state index contributed by atoms with van der Waals surface area (Å²) in [7, 11) is 0. The Morgan fingerprint density at radius 2 is 2.12 bits per heavy atom. The van der Waals surface area contributed by atoms with Gasteiger partial charge in [-0.15, -0.1) is 0 Å². The fourth-order valence-corrected chi connectivity index (χ4v) is 2.54. The summed E-state index contributed by atoms with van der Waals surface area (Å²) in [6.07, 6.45) is 7.59. The Hall–Kier alpha value is -0.830. The molecule has 1 heterocycles. The maximum Gasteiger partial charge on any atom is 0.0638 e. The summed E-state index contributed by atoms with van der Waals surface area (Å²) in [5, 5.41) is 8.16. The van der Waals surface area contributed by atoms with E-state index in [2.05, 4.69) is 42.1 Å². The third-order valence-electron chi connectivity index (χ3n) is 3.59. The molecule has 1 aliphatic rings. The summed E-state index contributed by atoms with van der Waals surface area (Å²) in [6.45, 7) is 8.63. The maximum atomic E-state index is 4.67. The Labute approximate surface area is 105 Å². The fourth-order valence-electron chi connectivity index (χ4n) is 2.54. The van der Waals surface area contributed by atoms with Crippen LogP contribution in [-0.4, -0.2) is 16.3 Å². The number of nitrogens with one attached hydrogen (secondary N) is 1. The molecule has 1 fully saturated rings. The van der Waals surface area contributed by atoms with E-state index >= 15 is 0 Å². The third kappa shape index (κ3) is 3.32. The normalized spacial score (nSPS) is 17.2. The Bertz CT molecular complexity index is 348. The van der Waals surface area contributed by atoms with Gasteiger partial charge in [-0.3, -0.25) is 4.68 Å². The molecule has 3 nitrogen and oxygen atoms in total. The van der Waals surface area contributed by atoms with E-state index in [9.17, 15) is 0 Å². The number of aromatic nitrogens is 2. The van der Waals surface area contributed by atoms with Crippen molar-refractivity contribution in [3.05, 3.63) is 17.5 Å². The second kappa shape index (κ2) is 5.67. The molecule has 0 unspecified atom stereocenters. The van der Waals surface area contributed by atoms with Crippen molar-refractivity contribution < 1.29 is 0 Å². The Morgan fingerprint density at radius 3 is 2.76 bits per heavy atom. The molecule has 0 spiro atoms. The van der Waals surface area contributed by atoms with Crippen LogP contribution in [0.25, 0.3) is 0 Å². The van der Waals surface area contributed by atoms with Crippen molar-refractivity contribution in [2.75, 3.05) is 6.54 Å². The lowest BCUT2D eigenvalue weighted by Gasteiger charge is -2.08. The summed E-state index contributed by atoms with van der Waals surface area (Å²) >= 11 is 0. The number of nitrogens with zero attached hydrogens (tertiary/aromatic N) is 2. The molecule has 0 aromatic carbocycles. The van der Waals surface area contributed by atoms with Crippen LogP contribution in [0.2, 0.25) is 0 Å². The summed E-state index contributed by atoms with van der Waals surface area (Å²) in [5.74, 6) is 0.709. The van der Waals surface area contributed by atoms with Crippen LogP contribution < -0.4 is 5.32 Å². The topological polar surface area (TPSA) is 29.9 Å². The molecule has 1 aromatic rings. The van der Waals surface area contributed by atoms with E-state index in [1.54, 1.807) is 0 Å². The van der Waals surface area contributed by atoms with Crippen LogP contribution in [0, 0.1) is 12.8 Å². The van der Waals surface area contributed by atoms with Gasteiger partial charge in [0.15, 0.2) is 0 Å². The van der Waals surface area contributed by atoms with Crippen LogP contribution >= 0.6 is 0 Å². The van der Waals surface area contributed by atoms with Crippen LogP contribution in [0.4, 0.5) is 0 Å². The Kier molecular flexibility index (Phi) is 4.21. The average Bonchev–Trinajstić information content (AvgIpc) is 2.87. The van der Waals surface area contributed by atoms with E-state index in [1.807, 2.05) is 0 Å². The first-order chi connectivity index (χ1) is 8.16. The first-order valence-electron chi connectivity index (χ1n) is 6.92. The van der Waals surface area contributed by atoms with Gasteiger partial charge in [-0.05, 0) is 32.2 Å². The highest BCUT2D eigenvalue weighted by molar-refractivity contribution is 5.15. The minimum atomic E-state index is 0.660. The average molecular weight is 235 g/mol. The monoisotopic (exact) mass is 235 g/mol. The number of hydrogen-bond acceptors (Lipinski definition) is 2. The standard InChI is InChI=1S/C14H25N3/c1-11(2)8-15-9-13-10-17(16-12(13)3)14-6-4-5-7-14/h10-11,14-15H,4-9H2,1-3H3. The highest BCUT2D eigenvalue weighted by atomic mass is 15.3. The van der Waals surface area contributed by atoms with E-state index < -0.39 is 0 Å². The first kappa shape index (κ1) is 12.6. The minimum absolute atomic E-state index is 0.660. The zero-order chi connectivity index (χ0) is 12.3. The van der Waals surface area contributed by atoms with Gasteiger partial charge in [0.25, 0.3) is 0 Å². The molecule has 1 aliphatic carbocycles. The van der Waals surface area contributed by atoms with Gasteiger partial charge in [-0.1, -0.05) is 26.7 Å². The largest absolute Gasteiger partial charge is 0.312 e. The third-order valence-corrected chi connectivity index (χ3v) is 3.59. The summed E-state index contributed by atoms with van der Waals surface area (Å²) in [4.78, 5) is 0. The molecule has 96 valence electrons. The lowest BCUT2D eigenvalue weighted by Crippen LogP contribution is -2.19. The van der Waals surface area contributed by atoms with E-state index in [-0.39, 0.29) is 0 Å². The number of hydrogen-bond donors (Lipinski definition) is 1. The molecule has 3 heteroatoms. The molecule has 0 atom stereocenters. The van der Waals surface area contributed by atoms with Gasteiger partial charge >= 0.3 is 0 Å². The summed E-state index contributed by atoms with van der Waals surface area (Å²) in [5.41, 5.74) is 2.55. The van der Waals surface area contributed by atoms with Gasteiger partial charge in [0.05, 0.1) is 11.7 Å². The lowest BCUT2D eigenvalue weighted by molar-refractivity contribution is 0.464. The minimum Gasteiger partial charge on any atom is -0.312 e. The smallest absolute Gasteiger partial charge is 0.0638 e. The molecule has 1 aromatic heterocycles. The fraction of sp³-hybridized carbons (Fsp3) is 0.786. The van der Waals surface area contributed by atoms with E-state index in [4.69, 9.17) is 0 Å². The molecule has 0 radical (unpaired) electrons. The molecule has 1 N–H and O–H groups in total. The van der Waals surface area contributed by atoms with Crippen LogP contribution in [0.3, 0.4) is 0 Å². The molecular formula is C14H25N3. The number of rotatable bonds is 5. The molecule has 0 saturated heterocycles. The van der Waals surface area contributed by atoms with E-state index in [0.29, 0.717) is 12.0 Å². The maximum absolute atomic E-state index is 4.67. The summed E-state index contributed by atoms with van der Waals surface area (Å²) in [6, 6.07) is 0.660. The molecule has 0 amide bonds. The Balaban J connectivity index is 1.93. The Morgan fingerprint density at radius 1 is 1.41 bits per heavy atom. The molecule has 0 bridgehead atoms. The van der Waals surface area contributed by atoms with Crippen molar-refractivity contribution in [2.45, 2.75) is 59.0 Å². The van der Waals surface area contributed by atoms with Crippen molar-refractivity contribution in [1.82, 2.24) is 15.1 Å². The van der Waals surface area contributed by atoms with Crippen molar-refractivity contribution in [3.8, 4) is 0 Å². The van der Waals surface area contributed by atoms with Gasteiger partial charge < -0.3 is 5.32 Å². The van der Waals surface area contributed by atoms with Crippen molar-refractivity contribution >= 4 is 0 Å². The van der Waals surface area contributed by atoms with Crippen molar-refractivity contribution in [1.29, 1.82) is 0 Å². The van der Waals surface area contributed by atoms with Gasteiger partial charge in [0, 0.05) is 18.3 Å². The highest BCUT2D eigenvalue weighted by Gasteiger charge is 2.18. The van der Waals surface area contributed by atoms with E-state index in [0.717, 1.165) is 13.1 Å². The van der Waals surface area contributed by atoms with Gasteiger partial charge in [0.2, 0.25) is 0 Å².